The molecular formula is C13H16ClN3S. The fourth-order valence-corrected chi connectivity index (χ4v) is 3.83. The first-order valence-electron chi connectivity index (χ1n) is 6.26. The average Bonchev–Trinajstić information content (AvgIpc) is 2.65. The van der Waals surface area contributed by atoms with E-state index in [1.54, 1.807) is 17.7 Å². The molecule has 1 aliphatic heterocycles. The van der Waals surface area contributed by atoms with Gasteiger partial charge in [-0.3, -0.25) is 0 Å². The van der Waals surface area contributed by atoms with Crippen LogP contribution in [0, 0.1) is 13.8 Å². The summed E-state index contributed by atoms with van der Waals surface area (Å²) in [5.74, 6) is 1.06. The van der Waals surface area contributed by atoms with Crippen molar-refractivity contribution in [3.8, 4) is 0 Å². The zero-order valence-corrected chi connectivity index (χ0v) is 12.2. The fourth-order valence-electron chi connectivity index (χ4n) is 2.52. The molecule has 0 aliphatic carbocycles. The molecule has 0 radical (unpaired) electrons. The van der Waals surface area contributed by atoms with Crippen molar-refractivity contribution >= 4 is 39.0 Å². The van der Waals surface area contributed by atoms with Gasteiger partial charge in [0.2, 0.25) is 0 Å². The van der Waals surface area contributed by atoms with Gasteiger partial charge in [0.05, 0.1) is 10.8 Å². The number of alkyl halides is 1. The second-order valence-corrected chi connectivity index (χ2v) is 6.67. The zero-order chi connectivity index (χ0) is 12.7. The highest BCUT2D eigenvalue weighted by Crippen LogP contribution is 2.35. The molecule has 1 saturated heterocycles. The smallest absolute Gasteiger partial charge is 0.141 e. The van der Waals surface area contributed by atoms with Gasteiger partial charge in [-0.25, -0.2) is 9.97 Å². The summed E-state index contributed by atoms with van der Waals surface area (Å²) in [6.07, 6.45) is 3.92. The number of aryl methyl sites for hydroxylation is 2. The number of halogens is 1. The van der Waals surface area contributed by atoms with Crippen LogP contribution in [-0.4, -0.2) is 28.4 Å². The zero-order valence-electron chi connectivity index (χ0n) is 10.6. The van der Waals surface area contributed by atoms with Crippen LogP contribution in [0.15, 0.2) is 6.33 Å². The van der Waals surface area contributed by atoms with Crippen molar-refractivity contribution in [3.05, 3.63) is 16.8 Å². The summed E-state index contributed by atoms with van der Waals surface area (Å²) in [6.45, 7) is 6.24. The lowest BCUT2D eigenvalue weighted by atomic mass is 10.1. The van der Waals surface area contributed by atoms with Crippen molar-refractivity contribution in [1.29, 1.82) is 0 Å². The lowest BCUT2D eigenvalue weighted by Gasteiger charge is -2.31. The van der Waals surface area contributed by atoms with E-state index in [0.29, 0.717) is 0 Å². The molecule has 3 heterocycles. The molecular weight excluding hydrogens is 266 g/mol. The van der Waals surface area contributed by atoms with E-state index in [2.05, 4.69) is 28.7 Å². The van der Waals surface area contributed by atoms with Crippen molar-refractivity contribution in [2.75, 3.05) is 18.0 Å². The maximum Gasteiger partial charge on any atom is 0.141 e. The first-order valence-corrected chi connectivity index (χ1v) is 7.52. The monoisotopic (exact) mass is 281 g/mol. The number of piperidine rings is 1. The number of anilines is 1. The van der Waals surface area contributed by atoms with Gasteiger partial charge < -0.3 is 4.90 Å². The van der Waals surface area contributed by atoms with Crippen molar-refractivity contribution < 1.29 is 0 Å². The number of rotatable bonds is 1. The molecule has 0 aromatic carbocycles. The van der Waals surface area contributed by atoms with Crippen LogP contribution in [0.5, 0.6) is 0 Å². The topological polar surface area (TPSA) is 29.0 Å². The van der Waals surface area contributed by atoms with Crippen LogP contribution in [0.4, 0.5) is 5.82 Å². The van der Waals surface area contributed by atoms with Crippen molar-refractivity contribution in [2.24, 2.45) is 0 Å². The Hall–Kier alpha value is -0.870. The third-order valence-corrected chi connectivity index (χ3v) is 5.08. The van der Waals surface area contributed by atoms with Gasteiger partial charge in [-0.2, -0.15) is 0 Å². The number of hydrogen-bond donors (Lipinski definition) is 0. The van der Waals surface area contributed by atoms with Crippen LogP contribution >= 0.6 is 22.9 Å². The Morgan fingerprint density at radius 2 is 2.22 bits per heavy atom. The van der Waals surface area contributed by atoms with Crippen molar-refractivity contribution in [2.45, 2.75) is 32.1 Å². The molecule has 5 heteroatoms. The van der Waals surface area contributed by atoms with Gasteiger partial charge >= 0.3 is 0 Å². The maximum absolute atomic E-state index is 6.27. The van der Waals surface area contributed by atoms with E-state index in [1.807, 2.05) is 0 Å². The molecule has 96 valence electrons. The number of hydrogen-bond acceptors (Lipinski definition) is 4. The highest BCUT2D eigenvalue weighted by atomic mass is 35.5. The second-order valence-electron chi connectivity index (χ2n) is 4.85. The molecule has 1 aliphatic rings. The van der Waals surface area contributed by atoms with Gasteiger partial charge in [0.25, 0.3) is 0 Å². The summed E-state index contributed by atoms with van der Waals surface area (Å²) >= 11 is 8.02. The van der Waals surface area contributed by atoms with E-state index in [-0.39, 0.29) is 5.38 Å². The van der Waals surface area contributed by atoms with E-state index in [1.165, 1.54) is 15.8 Å². The Balaban J connectivity index is 2.10. The Morgan fingerprint density at radius 1 is 1.39 bits per heavy atom. The van der Waals surface area contributed by atoms with E-state index < -0.39 is 0 Å². The molecule has 0 N–H and O–H groups in total. The summed E-state index contributed by atoms with van der Waals surface area (Å²) in [5, 5.41) is 1.45. The highest BCUT2D eigenvalue weighted by molar-refractivity contribution is 7.18. The molecule has 1 fully saturated rings. The van der Waals surface area contributed by atoms with Crippen LogP contribution in [0.3, 0.4) is 0 Å². The van der Waals surface area contributed by atoms with E-state index >= 15 is 0 Å². The molecule has 0 bridgehead atoms. The van der Waals surface area contributed by atoms with Gasteiger partial charge in [0.1, 0.15) is 17.0 Å². The van der Waals surface area contributed by atoms with Crippen molar-refractivity contribution in [3.63, 3.8) is 0 Å². The predicted octanol–water partition coefficient (Wildman–Crippen LogP) is 3.52. The van der Waals surface area contributed by atoms with Crippen LogP contribution in [0.25, 0.3) is 10.2 Å². The lowest BCUT2D eigenvalue weighted by molar-refractivity contribution is 0.581. The summed E-state index contributed by atoms with van der Waals surface area (Å²) in [5.41, 5.74) is 1.31. The third kappa shape index (κ3) is 1.97. The summed E-state index contributed by atoms with van der Waals surface area (Å²) in [6, 6.07) is 0. The molecule has 0 spiro atoms. The van der Waals surface area contributed by atoms with Gasteiger partial charge in [-0.15, -0.1) is 22.9 Å². The Bertz CT molecular complexity index is 581. The maximum atomic E-state index is 6.27. The largest absolute Gasteiger partial charge is 0.354 e. The molecule has 0 saturated carbocycles. The van der Waals surface area contributed by atoms with E-state index in [4.69, 9.17) is 11.6 Å². The molecule has 2 aromatic heterocycles. The number of fused-ring (bicyclic) bond motifs is 1. The van der Waals surface area contributed by atoms with Gasteiger partial charge in [0, 0.05) is 18.0 Å². The van der Waals surface area contributed by atoms with Crippen LogP contribution in [0.1, 0.15) is 23.3 Å². The third-order valence-electron chi connectivity index (χ3n) is 3.61. The number of thiophene rings is 1. The molecule has 3 nitrogen and oxygen atoms in total. The predicted molar refractivity (Wildman–Crippen MR) is 78.0 cm³/mol. The summed E-state index contributed by atoms with van der Waals surface area (Å²) in [7, 11) is 0. The number of nitrogens with zero attached hydrogens (tertiary/aromatic N) is 3. The van der Waals surface area contributed by atoms with Crippen LogP contribution in [-0.2, 0) is 0 Å². The first kappa shape index (κ1) is 12.2. The standard InChI is InChI=1S/C13H16ClN3S/c1-8-9(2)18-13-11(8)12(15-7-16-13)17-5-3-4-10(14)6-17/h7,10H,3-6H2,1-2H3. The Kier molecular flexibility index (Phi) is 3.16. The minimum absolute atomic E-state index is 0.240. The normalized spacial score (nSPS) is 20.6. The Labute approximate surface area is 116 Å². The van der Waals surface area contributed by atoms with Gasteiger partial charge in [-0.05, 0) is 32.3 Å². The lowest BCUT2D eigenvalue weighted by Crippen LogP contribution is -2.36. The Morgan fingerprint density at radius 3 is 3.00 bits per heavy atom. The van der Waals surface area contributed by atoms with Crippen LogP contribution < -0.4 is 4.90 Å². The van der Waals surface area contributed by atoms with E-state index in [0.717, 1.165) is 36.6 Å². The average molecular weight is 282 g/mol. The minimum atomic E-state index is 0.240. The molecule has 1 atom stereocenters. The highest BCUT2D eigenvalue weighted by Gasteiger charge is 2.22. The van der Waals surface area contributed by atoms with Gasteiger partial charge in [-0.1, -0.05) is 0 Å². The van der Waals surface area contributed by atoms with E-state index in [9.17, 15) is 0 Å². The summed E-state index contributed by atoms with van der Waals surface area (Å²) in [4.78, 5) is 13.6. The molecule has 1 unspecified atom stereocenters. The molecule has 18 heavy (non-hydrogen) atoms. The van der Waals surface area contributed by atoms with Gasteiger partial charge in [0.15, 0.2) is 0 Å². The SMILES string of the molecule is Cc1sc2ncnc(N3CCCC(Cl)C3)c2c1C. The quantitative estimate of drug-likeness (QED) is 0.749. The first-order chi connectivity index (χ1) is 8.66. The molecule has 0 amide bonds. The number of aromatic nitrogens is 2. The van der Waals surface area contributed by atoms with Crippen molar-refractivity contribution in [1.82, 2.24) is 9.97 Å². The molecule has 2 aromatic rings. The fraction of sp³-hybridized carbons (Fsp3) is 0.538. The summed E-state index contributed by atoms with van der Waals surface area (Å²) < 4.78 is 0. The van der Waals surface area contributed by atoms with Crippen LogP contribution in [0.2, 0.25) is 0 Å². The minimum Gasteiger partial charge on any atom is -0.354 e. The second kappa shape index (κ2) is 4.67. The molecule has 3 rings (SSSR count).